The van der Waals surface area contributed by atoms with E-state index in [1.54, 1.807) is 10.9 Å². The summed E-state index contributed by atoms with van der Waals surface area (Å²) in [6.07, 6.45) is 5.18. The summed E-state index contributed by atoms with van der Waals surface area (Å²) in [4.78, 5) is 14.1. The van der Waals surface area contributed by atoms with Crippen LogP contribution in [0.3, 0.4) is 0 Å². The van der Waals surface area contributed by atoms with Gasteiger partial charge in [0.15, 0.2) is 0 Å². The van der Waals surface area contributed by atoms with Gasteiger partial charge in [-0.3, -0.25) is 4.79 Å². The van der Waals surface area contributed by atoms with Crippen molar-refractivity contribution in [2.45, 2.75) is 39.3 Å². The topological polar surface area (TPSA) is 60.2 Å². The lowest BCUT2D eigenvalue weighted by atomic mass is 10.1. The predicted octanol–water partition coefficient (Wildman–Crippen LogP) is 2.18. The number of aromatic nitrogens is 3. The largest absolute Gasteiger partial charge is 0.487 e. The molecular weight excluding hydrogens is 292 g/mol. The summed E-state index contributed by atoms with van der Waals surface area (Å²) in [7, 11) is 0. The Morgan fingerprint density at radius 2 is 2.09 bits per heavy atom. The maximum atomic E-state index is 12.2. The van der Waals surface area contributed by atoms with E-state index in [1.807, 2.05) is 36.1 Å². The van der Waals surface area contributed by atoms with Crippen molar-refractivity contribution >= 4 is 5.91 Å². The van der Waals surface area contributed by atoms with Gasteiger partial charge in [-0.1, -0.05) is 17.3 Å². The molecule has 2 heterocycles. The minimum atomic E-state index is 0.112. The molecule has 0 spiro atoms. The van der Waals surface area contributed by atoms with Crippen LogP contribution >= 0.6 is 0 Å². The van der Waals surface area contributed by atoms with E-state index in [-0.39, 0.29) is 12.5 Å². The molecule has 0 saturated carbocycles. The van der Waals surface area contributed by atoms with Crippen molar-refractivity contribution in [2.75, 3.05) is 13.1 Å². The minimum Gasteiger partial charge on any atom is -0.487 e. The van der Waals surface area contributed by atoms with Crippen LogP contribution < -0.4 is 4.74 Å². The van der Waals surface area contributed by atoms with Crippen LogP contribution in [0.25, 0.3) is 0 Å². The minimum absolute atomic E-state index is 0.112. The second-order valence-electron chi connectivity index (χ2n) is 5.95. The molecule has 1 aliphatic heterocycles. The van der Waals surface area contributed by atoms with E-state index in [1.165, 1.54) is 6.42 Å². The molecule has 0 atom stereocenters. The highest BCUT2D eigenvalue weighted by molar-refractivity contribution is 5.75. The predicted molar refractivity (Wildman–Crippen MR) is 86.0 cm³/mol. The molecule has 0 radical (unpaired) electrons. The van der Waals surface area contributed by atoms with Gasteiger partial charge in [0.25, 0.3) is 0 Å². The number of likely N-dealkylation sites (tertiary alicyclic amines) is 1. The Morgan fingerprint density at radius 3 is 2.87 bits per heavy atom. The fraction of sp³-hybridized carbons (Fsp3) is 0.471. The number of ether oxygens (including phenoxy) is 1. The number of carbonyl (C=O) groups is 1. The van der Waals surface area contributed by atoms with Gasteiger partial charge in [0.1, 0.15) is 24.6 Å². The zero-order chi connectivity index (χ0) is 16.1. The van der Waals surface area contributed by atoms with Gasteiger partial charge in [-0.2, -0.15) is 0 Å². The molecule has 6 heteroatoms. The molecule has 6 nitrogen and oxygen atoms in total. The molecule has 2 aromatic rings. The zero-order valence-electron chi connectivity index (χ0n) is 13.4. The number of hydrogen-bond acceptors (Lipinski definition) is 4. The Hall–Kier alpha value is -2.37. The van der Waals surface area contributed by atoms with Crippen molar-refractivity contribution < 1.29 is 9.53 Å². The molecule has 1 aromatic heterocycles. The summed E-state index contributed by atoms with van der Waals surface area (Å²) in [5, 5.41) is 8.09. The molecule has 1 fully saturated rings. The highest BCUT2D eigenvalue weighted by Gasteiger charge is 2.17. The number of benzene rings is 1. The number of hydrogen-bond donors (Lipinski definition) is 0. The van der Waals surface area contributed by atoms with Crippen LogP contribution in [0.15, 0.2) is 30.5 Å². The number of amides is 1. The molecule has 1 aromatic carbocycles. The monoisotopic (exact) mass is 314 g/mol. The van der Waals surface area contributed by atoms with Crippen molar-refractivity contribution in [3.8, 4) is 5.75 Å². The van der Waals surface area contributed by atoms with E-state index in [9.17, 15) is 4.79 Å². The van der Waals surface area contributed by atoms with Gasteiger partial charge in [0.05, 0.1) is 6.20 Å². The maximum absolute atomic E-state index is 12.2. The third-order valence-corrected chi connectivity index (χ3v) is 3.97. The summed E-state index contributed by atoms with van der Waals surface area (Å²) < 4.78 is 7.29. The van der Waals surface area contributed by atoms with Gasteiger partial charge >= 0.3 is 0 Å². The lowest BCUT2D eigenvalue weighted by Gasteiger charge is -2.26. The number of rotatable bonds is 5. The van der Waals surface area contributed by atoms with Crippen molar-refractivity contribution in [2.24, 2.45) is 0 Å². The normalized spacial score (nSPS) is 14.7. The summed E-state index contributed by atoms with van der Waals surface area (Å²) in [6, 6.07) is 7.87. The van der Waals surface area contributed by atoms with Crippen molar-refractivity contribution in [3.05, 3.63) is 41.7 Å². The van der Waals surface area contributed by atoms with E-state index in [2.05, 4.69) is 10.3 Å². The average Bonchev–Trinajstić information content (AvgIpc) is 3.01. The molecule has 122 valence electrons. The summed E-state index contributed by atoms with van der Waals surface area (Å²) in [6.45, 7) is 4.34. The third-order valence-electron chi connectivity index (χ3n) is 3.97. The van der Waals surface area contributed by atoms with Crippen LogP contribution in [-0.4, -0.2) is 38.9 Å². The van der Waals surface area contributed by atoms with E-state index in [0.29, 0.717) is 6.61 Å². The van der Waals surface area contributed by atoms with Gasteiger partial charge in [0.2, 0.25) is 5.91 Å². The number of piperidine rings is 1. The second kappa shape index (κ2) is 7.26. The van der Waals surface area contributed by atoms with E-state index in [4.69, 9.17) is 4.74 Å². The van der Waals surface area contributed by atoms with Crippen molar-refractivity contribution in [1.29, 1.82) is 0 Å². The first-order valence-electron chi connectivity index (χ1n) is 8.07. The van der Waals surface area contributed by atoms with Gasteiger partial charge in [-0.25, -0.2) is 4.68 Å². The van der Waals surface area contributed by atoms with Crippen LogP contribution in [-0.2, 0) is 17.9 Å². The lowest BCUT2D eigenvalue weighted by Crippen LogP contribution is -2.37. The lowest BCUT2D eigenvalue weighted by molar-refractivity contribution is -0.132. The maximum Gasteiger partial charge on any atom is 0.244 e. The van der Waals surface area contributed by atoms with E-state index in [0.717, 1.165) is 42.9 Å². The first-order valence-corrected chi connectivity index (χ1v) is 8.07. The fourth-order valence-electron chi connectivity index (χ4n) is 2.73. The summed E-state index contributed by atoms with van der Waals surface area (Å²) >= 11 is 0. The second-order valence-corrected chi connectivity index (χ2v) is 5.95. The van der Waals surface area contributed by atoms with Gasteiger partial charge in [-0.15, -0.1) is 5.10 Å². The zero-order valence-corrected chi connectivity index (χ0v) is 13.4. The van der Waals surface area contributed by atoms with Crippen molar-refractivity contribution in [3.63, 3.8) is 0 Å². The smallest absolute Gasteiger partial charge is 0.244 e. The Balaban J connectivity index is 1.52. The van der Waals surface area contributed by atoms with Gasteiger partial charge in [-0.05, 0) is 43.9 Å². The Bertz CT molecular complexity index is 662. The van der Waals surface area contributed by atoms with E-state index >= 15 is 0 Å². The Labute approximate surface area is 136 Å². The molecule has 0 unspecified atom stereocenters. The Morgan fingerprint density at radius 1 is 1.26 bits per heavy atom. The third kappa shape index (κ3) is 4.31. The van der Waals surface area contributed by atoms with Crippen LogP contribution in [0.2, 0.25) is 0 Å². The molecule has 0 aliphatic carbocycles. The highest BCUT2D eigenvalue weighted by atomic mass is 16.5. The Kier molecular flexibility index (Phi) is 4.90. The van der Waals surface area contributed by atoms with Crippen LogP contribution in [0.1, 0.15) is 30.5 Å². The molecule has 0 bridgehead atoms. The molecule has 3 rings (SSSR count). The molecule has 0 N–H and O–H groups in total. The SMILES string of the molecule is Cc1cccc(OCc2cn(CC(=O)N3CCCCC3)nn2)c1. The molecular formula is C17H22N4O2. The van der Waals surface area contributed by atoms with Crippen LogP contribution in [0.4, 0.5) is 0 Å². The summed E-state index contributed by atoms with van der Waals surface area (Å²) in [5.74, 6) is 0.921. The quantitative estimate of drug-likeness (QED) is 0.848. The molecule has 1 aliphatic rings. The first-order chi connectivity index (χ1) is 11.2. The van der Waals surface area contributed by atoms with Crippen LogP contribution in [0, 0.1) is 6.92 Å². The number of carbonyl (C=O) groups excluding carboxylic acids is 1. The summed E-state index contributed by atoms with van der Waals surface area (Å²) in [5.41, 5.74) is 1.87. The van der Waals surface area contributed by atoms with Gasteiger partial charge in [0, 0.05) is 13.1 Å². The van der Waals surface area contributed by atoms with Crippen LogP contribution in [0.5, 0.6) is 5.75 Å². The molecule has 1 saturated heterocycles. The standard InChI is InChI=1S/C17H22N4O2/c1-14-6-5-7-16(10-14)23-13-15-11-21(19-18-15)12-17(22)20-8-3-2-4-9-20/h5-7,10-11H,2-4,8-9,12-13H2,1H3. The van der Waals surface area contributed by atoms with E-state index < -0.39 is 0 Å². The number of nitrogens with zero attached hydrogens (tertiary/aromatic N) is 4. The number of aryl methyl sites for hydroxylation is 1. The fourth-order valence-corrected chi connectivity index (χ4v) is 2.73. The molecule has 1 amide bonds. The average molecular weight is 314 g/mol. The van der Waals surface area contributed by atoms with Gasteiger partial charge < -0.3 is 9.64 Å². The highest BCUT2D eigenvalue weighted by Crippen LogP contribution is 2.14. The van der Waals surface area contributed by atoms with Crippen molar-refractivity contribution in [1.82, 2.24) is 19.9 Å². The molecule has 23 heavy (non-hydrogen) atoms. The first kappa shape index (κ1) is 15.5.